The summed E-state index contributed by atoms with van der Waals surface area (Å²) in [6, 6.07) is -0.896. The van der Waals surface area contributed by atoms with Gasteiger partial charge in [-0.15, -0.1) is 0 Å². The Labute approximate surface area is 629 Å². The quantitative estimate of drug-likeness (QED) is 0.0199. The van der Waals surface area contributed by atoms with Gasteiger partial charge in [-0.05, 0) is 64.2 Å². The van der Waals surface area contributed by atoms with Crippen LogP contribution in [0.3, 0.4) is 0 Å². The number of unbranched alkanes of at least 4 members (excludes halogenated alkanes) is 39. The number of aliphatic hydroxyl groups excluding tert-OH is 11. The van der Waals surface area contributed by atoms with Gasteiger partial charge in [-0.2, -0.15) is 0 Å². The largest absolute Gasteiger partial charge is 0.394 e. The minimum atomic E-state index is -1.98. The Hall–Kier alpha value is -2.77. The predicted octanol–water partition coefficient (Wildman–Crippen LogP) is 14.8. The van der Waals surface area contributed by atoms with Gasteiger partial charge in [0.05, 0.1) is 38.6 Å². The van der Waals surface area contributed by atoms with Crippen LogP contribution < -0.4 is 5.32 Å². The minimum absolute atomic E-state index is 0.246. The molecule has 0 radical (unpaired) electrons. The van der Waals surface area contributed by atoms with E-state index in [1.54, 1.807) is 0 Å². The summed E-state index contributed by atoms with van der Waals surface area (Å²) >= 11 is 0. The van der Waals surface area contributed by atoms with E-state index in [-0.39, 0.29) is 18.9 Å². The first kappa shape index (κ1) is 95.4. The van der Waals surface area contributed by atoms with Crippen molar-refractivity contribution in [2.75, 3.05) is 26.4 Å². The van der Waals surface area contributed by atoms with Crippen LogP contribution in [0.25, 0.3) is 0 Å². The van der Waals surface area contributed by atoms with Gasteiger partial charge >= 0.3 is 0 Å². The van der Waals surface area contributed by atoms with Gasteiger partial charge in [-0.25, -0.2) is 0 Å². The molecule has 19 heteroatoms. The van der Waals surface area contributed by atoms with E-state index in [2.05, 4.69) is 92.1 Å². The summed E-state index contributed by atoms with van der Waals surface area (Å²) in [6.45, 7) is 1.73. The standard InChI is InChI=1S/C85H153NO18/c1-3-5-7-9-11-13-15-17-19-21-23-25-27-29-31-33-35-36-38-40-42-44-46-48-50-52-54-56-58-60-62-69(90)68(86-73(91)63-61-59-57-55-53-51-49-47-45-43-41-39-37-34-32-30-28-26-24-22-20-18-16-14-12-10-8-6-4-2)67-99-83-79(97)76(94)81(71(65-88)101-83)104-85-80(98)77(95)82(72(66-89)102-85)103-84-78(96)75(93)74(92)70(64-87)100-84/h6,8,12,14,18,20,24,26,30,32,37,39,68-72,74-85,87-90,92-98H,3-5,7,9-11,13,15-17,19,21-23,25,27-29,31,33-36,38,40-67H2,1-2H3,(H,86,91)/b8-6-,14-12-,20-18-,26-24-,32-30-,39-37-. The van der Waals surface area contributed by atoms with Crippen LogP contribution in [-0.4, -0.2) is 193 Å². The van der Waals surface area contributed by atoms with Crippen molar-refractivity contribution in [3.63, 3.8) is 0 Å². The summed E-state index contributed by atoms with van der Waals surface area (Å²) in [5.41, 5.74) is 0. The lowest BCUT2D eigenvalue weighted by molar-refractivity contribution is -0.379. The first-order chi connectivity index (χ1) is 50.8. The molecule has 0 bridgehead atoms. The number of nitrogens with one attached hydrogen (secondary N) is 1. The van der Waals surface area contributed by atoms with Crippen molar-refractivity contribution < 1.29 is 89.4 Å². The summed E-state index contributed by atoms with van der Waals surface area (Å²) in [5.74, 6) is -0.246. The molecule has 0 aromatic rings. The number of aliphatic hydroxyl groups is 11. The molecule has 0 aromatic heterocycles. The summed E-state index contributed by atoms with van der Waals surface area (Å²) in [5, 5.41) is 121. The van der Waals surface area contributed by atoms with Crippen molar-refractivity contribution in [3.05, 3.63) is 72.9 Å². The van der Waals surface area contributed by atoms with Crippen molar-refractivity contribution in [1.82, 2.24) is 5.32 Å². The van der Waals surface area contributed by atoms with Crippen LogP contribution in [0.15, 0.2) is 72.9 Å². The first-order valence-corrected chi connectivity index (χ1v) is 42.2. The lowest BCUT2D eigenvalue weighted by Crippen LogP contribution is -2.66. The van der Waals surface area contributed by atoms with Crippen LogP contribution in [0.1, 0.15) is 328 Å². The molecule has 17 atom stereocenters. The van der Waals surface area contributed by atoms with Crippen LogP contribution in [0.4, 0.5) is 0 Å². The van der Waals surface area contributed by atoms with E-state index in [4.69, 9.17) is 28.4 Å². The van der Waals surface area contributed by atoms with Gasteiger partial charge in [0.2, 0.25) is 5.91 Å². The third kappa shape index (κ3) is 44.2. The van der Waals surface area contributed by atoms with E-state index in [1.165, 1.54) is 199 Å². The number of hydrogen-bond donors (Lipinski definition) is 12. The van der Waals surface area contributed by atoms with Crippen molar-refractivity contribution in [2.24, 2.45) is 0 Å². The summed E-state index contributed by atoms with van der Waals surface area (Å²) < 4.78 is 34.6. The molecule has 0 spiro atoms. The zero-order chi connectivity index (χ0) is 75.3. The predicted molar refractivity (Wildman–Crippen MR) is 415 cm³/mol. The van der Waals surface area contributed by atoms with Gasteiger partial charge in [0, 0.05) is 6.42 Å². The minimum Gasteiger partial charge on any atom is -0.394 e. The topological polar surface area (TPSA) is 307 Å². The molecule has 0 aromatic carbocycles. The monoisotopic (exact) mass is 1480 g/mol. The zero-order valence-corrected chi connectivity index (χ0v) is 65.0. The highest BCUT2D eigenvalue weighted by molar-refractivity contribution is 5.76. The second kappa shape index (κ2) is 65.0. The molecule has 17 unspecified atom stereocenters. The van der Waals surface area contributed by atoms with Gasteiger partial charge < -0.3 is 89.9 Å². The maximum absolute atomic E-state index is 13.5. The van der Waals surface area contributed by atoms with E-state index in [0.717, 1.165) is 96.3 Å². The highest BCUT2D eigenvalue weighted by Crippen LogP contribution is 2.33. The Balaban J connectivity index is 1.36. The van der Waals surface area contributed by atoms with E-state index < -0.39 is 124 Å². The lowest BCUT2D eigenvalue weighted by Gasteiger charge is -2.48. The van der Waals surface area contributed by atoms with Crippen LogP contribution in [0.2, 0.25) is 0 Å². The maximum atomic E-state index is 13.5. The third-order valence-electron chi connectivity index (χ3n) is 20.8. The van der Waals surface area contributed by atoms with Gasteiger partial charge in [0.25, 0.3) is 0 Å². The molecule has 12 N–H and O–H groups in total. The van der Waals surface area contributed by atoms with Crippen LogP contribution >= 0.6 is 0 Å². The van der Waals surface area contributed by atoms with E-state index in [1.807, 2.05) is 0 Å². The van der Waals surface area contributed by atoms with Gasteiger partial charge in [0.15, 0.2) is 18.9 Å². The third-order valence-corrected chi connectivity index (χ3v) is 20.8. The molecule has 19 nitrogen and oxygen atoms in total. The molecule has 606 valence electrons. The lowest BCUT2D eigenvalue weighted by atomic mass is 9.96. The summed E-state index contributed by atoms with van der Waals surface area (Å²) in [4.78, 5) is 13.5. The highest BCUT2D eigenvalue weighted by atomic mass is 16.8. The molecule has 3 saturated heterocycles. The summed E-state index contributed by atoms with van der Waals surface area (Å²) in [6.07, 6.45) is 58.4. The van der Waals surface area contributed by atoms with Crippen LogP contribution in [-0.2, 0) is 33.2 Å². The number of hydrogen-bond acceptors (Lipinski definition) is 18. The summed E-state index contributed by atoms with van der Waals surface area (Å²) in [7, 11) is 0. The number of rotatable bonds is 67. The Bertz CT molecular complexity index is 2160. The number of carbonyl (C=O) groups is 1. The molecular formula is C85H153NO18. The van der Waals surface area contributed by atoms with Gasteiger partial charge in [0.1, 0.15) is 73.2 Å². The van der Waals surface area contributed by atoms with Crippen molar-refractivity contribution >= 4 is 5.91 Å². The zero-order valence-electron chi connectivity index (χ0n) is 65.0. The maximum Gasteiger partial charge on any atom is 0.220 e. The second-order valence-corrected chi connectivity index (χ2v) is 29.9. The average molecular weight is 1480 g/mol. The SMILES string of the molecule is CC/C=C\C/C=C\C/C=C\C/C=C\C/C=C\C/C=C\CCCCCCCCCCCCC(=O)NC(COC1OC(CO)C(OC2OC(CO)C(OC3OC(CO)C(O)C(O)C3O)C(O)C2O)C(O)C1O)C(O)CCCCCCCCCCCCCCCCCCCCCCCCCCCCCCCC. The number of allylic oxidation sites excluding steroid dienone is 12. The average Bonchev–Trinajstić information content (AvgIpc) is 0.781. The fraction of sp³-hybridized carbons (Fsp3) is 0.847. The Morgan fingerprint density at radius 1 is 0.356 bits per heavy atom. The molecule has 3 aliphatic rings. The molecule has 3 aliphatic heterocycles. The van der Waals surface area contributed by atoms with Crippen LogP contribution in [0, 0.1) is 0 Å². The molecule has 3 fully saturated rings. The molecule has 3 rings (SSSR count). The first-order valence-electron chi connectivity index (χ1n) is 42.2. The van der Waals surface area contributed by atoms with E-state index >= 15 is 0 Å². The molecule has 1 amide bonds. The van der Waals surface area contributed by atoms with Gasteiger partial charge in [-0.3, -0.25) is 4.79 Å². The van der Waals surface area contributed by atoms with Crippen molar-refractivity contribution in [2.45, 2.75) is 433 Å². The Morgan fingerprint density at radius 3 is 1.04 bits per heavy atom. The molecular weight excluding hydrogens is 1320 g/mol. The number of ether oxygens (including phenoxy) is 6. The normalized spacial score (nSPS) is 26.3. The second-order valence-electron chi connectivity index (χ2n) is 29.9. The number of carbonyl (C=O) groups excluding carboxylic acids is 1. The van der Waals surface area contributed by atoms with Crippen molar-refractivity contribution in [3.8, 4) is 0 Å². The Kier molecular flexibility index (Phi) is 59.6. The van der Waals surface area contributed by atoms with Crippen LogP contribution in [0.5, 0.6) is 0 Å². The molecule has 0 aliphatic carbocycles. The molecule has 3 heterocycles. The smallest absolute Gasteiger partial charge is 0.220 e. The van der Waals surface area contributed by atoms with Gasteiger partial charge in [-0.1, -0.05) is 331 Å². The highest BCUT2D eigenvalue weighted by Gasteiger charge is 2.54. The van der Waals surface area contributed by atoms with Crippen molar-refractivity contribution in [1.29, 1.82) is 0 Å². The fourth-order valence-corrected chi connectivity index (χ4v) is 14.1. The fourth-order valence-electron chi connectivity index (χ4n) is 14.1. The Morgan fingerprint density at radius 2 is 0.663 bits per heavy atom. The molecule has 104 heavy (non-hydrogen) atoms. The van der Waals surface area contributed by atoms with E-state index in [9.17, 15) is 61.0 Å². The number of amides is 1. The van der Waals surface area contributed by atoms with E-state index in [0.29, 0.717) is 12.8 Å². The molecule has 0 saturated carbocycles.